The van der Waals surface area contributed by atoms with Crippen LogP contribution in [0.25, 0.3) is 5.69 Å². The Labute approximate surface area is 101 Å². The lowest BCUT2D eigenvalue weighted by Crippen LogP contribution is -2.17. The van der Waals surface area contributed by atoms with Crippen LogP contribution in [-0.4, -0.2) is 9.78 Å². The van der Waals surface area contributed by atoms with Crippen molar-refractivity contribution in [2.75, 3.05) is 0 Å². The Bertz CT molecular complexity index is 495. The van der Waals surface area contributed by atoms with E-state index in [1.54, 1.807) is 0 Å². The quantitative estimate of drug-likeness (QED) is 0.734. The van der Waals surface area contributed by atoms with Gasteiger partial charge < -0.3 is 0 Å². The molecule has 2 aromatic rings. The molecule has 0 fully saturated rings. The number of aromatic nitrogens is 2. The first-order valence-electron chi connectivity index (χ1n) is 5.29. The monoisotopic (exact) mass is 234 g/mol. The van der Waals surface area contributed by atoms with E-state index in [-0.39, 0.29) is 5.41 Å². The lowest BCUT2D eigenvalue weighted by molar-refractivity contribution is 0.544. The van der Waals surface area contributed by atoms with Gasteiger partial charge in [0.15, 0.2) is 0 Å². The van der Waals surface area contributed by atoms with Crippen LogP contribution in [0.15, 0.2) is 36.5 Å². The largest absolute Gasteiger partial charge is 0.236 e. The number of benzene rings is 1. The summed E-state index contributed by atoms with van der Waals surface area (Å²) >= 11 is 6.18. The van der Waals surface area contributed by atoms with Gasteiger partial charge >= 0.3 is 0 Å². The zero-order valence-electron chi connectivity index (χ0n) is 9.74. The maximum absolute atomic E-state index is 6.18. The van der Waals surface area contributed by atoms with Crippen molar-refractivity contribution in [3.8, 4) is 5.69 Å². The van der Waals surface area contributed by atoms with Crippen LogP contribution in [0.3, 0.4) is 0 Å². The van der Waals surface area contributed by atoms with Gasteiger partial charge in [-0.25, -0.2) is 4.68 Å². The summed E-state index contributed by atoms with van der Waals surface area (Å²) in [5.41, 5.74) is 2.13. The predicted octanol–water partition coefficient (Wildman–Crippen LogP) is 3.82. The first-order valence-corrected chi connectivity index (χ1v) is 5.67. The van der Waals surface area contributed by atoms with Gasteiger partial charge in [-0.15, -0.1) is 0 Å². The van der Waals surface area contributed by atoms with Crippen molar-refractivity contribution < 1.29 is 0 Å². The molecule has 0 amide bonds. The Balaban J connectivity index is 2.58. The summed E-state index contributed by atoms with van der Waals surface area (Å²) < 4.78 is 1.91. The Morgan fingerprint density at radius 1 is 1.12 bits per heavy atom. The number of rotatable bonds is 1. The lowest BCUT2D eigenvalue weighted by Gasteiger charge is -2.20. The van der Waals surface area contributed by atoms with Gasteiger partial charge in [-0.2, -0.15) is 5.10 Å². The smallest absolute Gasteiger partial charge is 0.0835 e. The Hall–Kier alpha value is -1.28. The van der Waals surface area contributed by atoms with Crippen LogP contribution in [0.1, 0.15) is 26.5 Å². The average molecular weight is 235 g/mol. The third kappa shape index (κ3) is 1.98. The highest BCUT2D eigenvalue weighted by Crippen LogP contribution is 2.27. The molecule has 0 bridgehead atoms. The molecule has 0 aliphatic rings. The maximum Gasteiger partial charge on any atom is 0.0835 e. The van der Waals surface area contributed by atoms with E-state index in [2.05, 4.69) is 25.9 Å². The van der Waals surface area contributed by atoms with E-state index in [0.717, 1.165) is 16.4 Å². The van der Waals surface area contributed by atoms with Crippen LogP contribution < -0.4 is 0 Å². The number of halogens is 1. The van der Waals surface area contributed by atoms with Crippen molar-refractivity contribution >= 4 is 11.6 Å². The van der Waals surface area contributed by atoms with Crippen molar-refractivity contribution in [1.82, 2.24) is 9.78 Å². The summed E-state index contributed by atoms with van der Waals surface area (Å²) in [6.07, 6.45) is 1.81. The highest BCUT2D eigenvalue weighted by Gasteiger charge is 2.20. The minimum Gasteiger partial charge on any atom is -0.236 e. The van der Waals surface area contributed by atoms with E-state index in [1.807, 2.05) is 41.2 Å². The topological polar surface area (TPSA) is 17.8 Å². The van der Waals surface area contributed by atoms with Gasteiger partial charge in [-0.05, 0) is 18.2 Å². The minimum absolute atomic E-state index is 0.0513. The van der Waals surface area contributed by atoms with Gasteiger partial charge in [0.2, 0.25) is 0 Å². The second-order valence-corrected chi connectivity index (χ2v) is 5.24. The molecule has 1 aromatic carbocycles. The molecule has 84 valence electrons. The van der Waals surface area contributed by atoms with Gasteiger partial charge in [0.1, 0.15) is 0 Å². The van der Waals surface area contributed by atoms with E-state index < -0.39 is 0 Å². The molecule has 1 heterocycles. The molecule has 0 saturated carbocycles. The number of nitrogens with zero attached hydrogens (tertiary/aromatic N) is 2. The highest BCUT2D eigenvalue weighted by atomic mass is 35.5. The molecule has 0 N–H and O–H groups in total. The standard InChI is InChI=1S/C13H15ClN2/c1-13(2,3)12-8-9-15-16(12)11-7-5-4-6-10(11)14/h4-9H,1-3H3. The Kier molecular flexibility index (Phi) is 2.76. The van der Waals surface area contributed by atoms with Crippen molar-refractivity contribution in [3.63, 3.8) is 0 Å². The molecule has 0 saturated heterocycles. The van der Waals surface area contributed by atoms with E-state index >= 15 is 0 Å². The SMILES string of the molecule is CC(C)(C)c1ccnn1-c1ccccc1Cl. The van der Waals surface area contributed by atoms with Crippen LogP contribution >= 0.6 is 11.6 Å². The normalized spacial score (nSPS) is 11.8. The average Bonchev–Trinajstić information content (AvgIpc) is 2.66. The van der Waals surface area contributed by atoms with Gasteiger partial charge in [-0.3, -0.25) is 0 Å². The van der Waals surface area contributed by atoms with Gasteiger partial charge in [0, 0.05) is 17.3 Å². The summed E-state index contributed by atoms with van der Waals surface area (Å²) in [4.78, 5) is 0. The Morgan fingerprint density at radius 2 is 1.81 bits per heavy atom. The highest BCUT2D eigenvalue weighted by molar-refractivity contribution is 6.32. The van der Waals surface area contributed by atoms with Gasteiger partial charge in [0.05, 0.1) is 10.7 Å². The molecule has 3 heteroatoms. The van der Waals surface area contributed by atoms with Gasteiger partial charge in [-0.1, -0.05) is 44.5 Å². The van der Waals surface area contributed by atoms with E-state index in [0.29, 0.717) is 0 Å². The molecule has 0 unspecified atom stereocenters. The van der Waals surface area contributed by atoms with E-state index in [9.17, 15) is 0 Å². The second kappa shape index (κ2) is 3.95. The molecule has 0 aliphatic heterocycles. The summed E-state index contributed by atoms with van der Waals surface area (Å²) in [5.74, 6) is 0. The van der Waals surface area contributed by atoms with Crippen molar-refractivity contribution in [2.45, 2.75) is 26.2 Å². The van der Waals surface area contributed by atoms with E-state index in [1.165, 1.54) is 0 Å². The van der Waals surface area contributed by atoms with Crippen molar-refractivity contribution in [2.24, 2.45) is 0 Å². The number of hydrogen-bond acceptors (Lipinski definition) is 1. The van der Waals surface area contributed by atoms with Crippen LogP contribution in [0, 0.1) is 0 Å². The summed E-state index contributed by atoms with van der Waals surface area (Å²) in [6, 6.07) is 9.78. The van der Waals surface area contributed by atoms with Crippen LogP contribution in [-0.2, 0) is 5.41 Å². The molecule has 2 nitrogen and oxygen atoms in total. The molecule has 0 spiro atoms. The van der Waals surface area contributed by atoms with Crippen LogP contribution in [0.2, 0.25) is 5.02 Å². The first kappa shape index (κ1) is 11.2. The molecular formula is C13H15ClN2. The van der Waals surface area contributed by atoms with E-state index in [4.69, 9.17) is 11.6 Å². The minimum atomic E-state index is 0.0513. The predicted molar refractivity (Wildman–Crippen MR) is 67.3 cm³/mol. The summed E-state index contributed by atoms with van der Waals surface area (Å²) in [5, 5.41) is 5.07. The zero-order valence-corrected chi connectivity index (χ0v) is 10.5. The van der Waals surface area contributed by atoms with Crippen molar-refractivity contribution in [3.05, 3.63) is 47.2 Å². The molecule has 0 aliphatic carbocycles. The Morgan fingerprint density at radius 3 is 2.44 bits per heavy atom. The molecule has 0 atom stereocenters. The zero-order chi connectivity index (χ0) is 11.8. The fourth-order valence-corrected chi connectivity index (χ4v) is 1.90. The van der Waals surface area contributed by atoms with Crippen LogP contribution in [0.5, 0.6) is 0 Å². The molecule has 16 heavy (non-hydrogen) atoms. The second-order valence-electron chi connectivity index (χ2n) is 4.83. The number of hydrogen-bond donors (Lipinski definition) is 0. The molecular weight excluding hydrogens is 220 g/mol. The molecule has 2 rings (SSSR count). The molecule has 0 radical (unpaired) electrons. The maximum atomic E-state index is 6.18. The summed E-state index contributed by atoms with van der Waals surface area (Å²) in [6.45, 7) is 6.49. The van der Waals surface area contributed by atoms with Crippen molar-refractivity contribution in [1.29, 1.82) is 0 Å². The first-order chi connectivity index (χ1) is 7.50. The third-order valence-electron chi connectivity index (χ3n) is 2.49. The number of para-hydroxylation sites is 1. The molecule has 1 aromatic heterocycles. The third-order valence-corrected chi connectivity index (χ3v) is 2.81. The fourth-order valence-electron chi connectivity index (χ4n) is 1.69. The van der Waals surface area contributed by atoms with Gasteiger partial charge in [0.25, 0.3) is 0 Å². The fraction of sp³-hybridized carbons (Fsp3) is 0.308. The summed E-state index contributed by atoms with van der Waals surface area (Å²) in [7, 11) is 0. The van der Waals surface area contributed by atoms with Crippen LogP contribution in [0.4, 0.5) is 0 Å². The lowest BCUT2D eigenvalue weighted by atomic mass is 9.92.